The first-order valence-corrected chi connectivity index (χ1v) is 6.86. The minimum Gasteiger partial charge on any atom is -0.423 e. The monoisotopic (exact) mass is 273 g/mol. The molecule has 2 aromatic rings. The second-order valence-electron chi connectivity index (χ2n) is 5.14. The Kier molecular flexibility index (Phi) is 4.23. The summed E-state index contributed by atoms with van der Waals surface area (Å²) in [6, 6.07) is 6.84. The van der Waals surface area contributed by atoms with Crippen molar-refractivity contribution in [2.45, 2.75) is 33.6 Å². The van der Waals surface area contributed by atoms with E-state index < -0.39 is 0 Å². The van der Waals surface area contributed by atoms with Crippen LogP contribution in [0.1, 0.15) is 32.3 Å². The Balaban J connectivity index is 2.28. The van der Waals surface area contributed by atoms with Gasteiger partial charge in [-0.15, -0.1) is 0 Å². The molecule has 0 saturated carbocycles. The van der Waals surface area contributed by atoms with Gasteiger partial charge in [-0.25, -0.2) is 4.79 Å². The standard InChI is InChI=1S/C16H19NO3/c1-4-5-10(2)16(19)17-12-6-7-13-11(3)8-15(18)20-14(13)9-12/h6-10H,4-5H2,1-3H3,(H,17,19)/t10-/m0/s1. The van der Waals surface area contributed by atoms with Gasteiger partial charge in [-0.1, -0.05) is 20.3 Å². The number of rotatable bonds is 4. The van der Waals surface area contributed by atoms with Crippen molar-refractivity contribution in [1.29, 1.82) is 0 Å². The highest BCUT2D eigenvalue weighted by Crippen LogP contribution is 2.21. The van der Waals surface area contributed by atoms with Gasteiger partial charge in [0.2, 0.25) is 5.91 Å². The molecule has 0 saturated heterocycles. The second kappa shape index (κ2) is 5.90. The first-order chi connectivity index (χ1) is 9.51. The Labute approximate surface area is 117 Å². The highest BCUT2D eigenvalue weighted by Gasteiger charge is 2.12. The molecule has 1 atom stereocenters. The molecule has 0 spiro atoms. The zero-order valence-corrected chi connectivity index (χ0v) is 12.0. The van der Waals surface area contributed by atoms with Gasteiger partial charge >= 0.3 is 5.63 Å². The average Bonchev–Trinajstić information content (AvgIpc) is 2.38. The van der Waals surface area contributed by atoms with Gasteiger partial charge in [0.25, 0.3) is 0 Å². The SMILES string of the molecule is CCC[C@H](C)C(=O)Nc1ccc2c(C)cc(=O)oc2c1. The maximum Gasteiger partial charge on any atom is 0.336 e. The van der Waals surface area contributed by atoms with Crippen LogP contribution < -0.4 is 10.9 Å². The first kappa shape index (κ1) is 14.3. The molecule has 4 nitrogen and oxygen atoms in total. The van der Waals surface area contributed by atoms with Gasteiger partial charge in [0, 0.05) is 29.1 Å². The van der Waals surface area contributed by atoms with E-state index in [9.17, 15) is 9.59 Å². The molecule has 4 heteroatoms. The quantitative estimate of drug-likeness (QED) is 0.868. The number of benzene rings is 1. The largest absolute Gasteiger partial charge is 0.423 e. The van der Waals surface area contributed by atoms with Crippen molar-refractivity contribution >= 4 is 22.6 Å². The van der Waals surface area contributed by atoms with Gasteiger partial charge in [-0.2, -0.15) is 0 Å². The third-order valence-electron chi connectivity index (χ3n) is 3.39. The number of carbonyl (C=O) groups is 1. The third-order valence-corrected chi connectivity index (χ3v) is 3.39. The number of hydrogen-bond acceptors (Lipinski definition) is 3. The van der Waals surface area contributed by atoms with E-state index in [1.807, 2.05) is 26.0 Å². The minimum absolute atomic E-state index is 0.0128. The number of hydrogen-bond donors (Lipinski definition) is 1. The number of nitrogens with one attached hydrogen (secondary N) is 1. The molecule has 1 heterocycles. The molecule has 0 unspecified atom stereocenters. The summed E-state index contributed by atoms with van der Waals surface area (Å²) in [5.41, 5.74) is 1.64. The first-order valence-electron chi connectivity index (χ1n) is 6.86. The number of carbonyl (C=O) groups excluding carboxylic acids is 1. The molecule has 0 aliphatic rings. The summed E-state index contributed by atoms with van der Waals surface area (Å²) in [6.07, 6.45) is 1.83. The van der Waals surface area contributed by atoms with Gasteiger partial charge in [0.05, 0.1) is 0 Å². The molecule has 0 radical (unpaired) electrons. The van der Waals surface area contributed by atoms with Crippen LogP contribution in [0.3, 0.4) is 0 Å². The van der Waals surface area contributed by atoms with Crippen molar-refractivity contribution in [3.05, 3.63) is 40.2 Å². The van der Waals surface area contributed by atoms with Gasteiger partial charge in [-0.3, -0.25) is 4.79 Å². The lowest BCUT2D eigenvalue weighted by Crippen LogP contribution is -2.20. The Morgan fingerprint density at radius 3 is 2.80 bits per heavy atom. The summed E-state index contributed by atoms with van der Waals surface area (Å²) in [5, 5.41) is 3.74. The number of fused-ring (bicyclic) bond motifs is 1. The van der Waals surface area contributed by atoms with Crippen molar-refractivity contribution in [3.8, 4) is 0 Å². The van der Waals surface area contributed by atoms with Gasteiger partial charge in [-0.05, 0) is 31.0 Å². The molecule has 0 aliphatic heterocycles. The van der Waals surface area contributed by atoms with Crippen LogP contribution in [0.15, 0.2) is 33.5 Å². The highest BCUT2D eigenvalue weighted by molar-refractivity contribution is 5.94. The van der Waals surface area contributed by atoms with Crippen LogP contribution in [0, 0.1) is 12.8 Å². The highest BCUT2D eigenvalue weighted by atomic mass is 16.4. The Bertz CT molecular complexity index is 688. The Morgan fingerprint density at radius 1 is 1.35 bits per heavy atom. The van der Waals surface area contributed by atoms with Gasteiger partial charge in [0.15, 0.2) is 0 Å². The molecule has 0 aliphatic carbocycles. The molecule has 1 aromatic carbocycles. The molecule has 1 amide bonds. The molecular weight excluding hydrogens is 254 g/mol. The summed E-state index contributed by atoms with van der Waals surface area (Å²) in [4.78, 5) is 23.3. The second-order valence-corrected chi connectivity index (χ2v) is 5.14. The number of anilines is 1. The van der Waals surface area contributed by atoms with Crippen LogP contribution in [-0.2, 0) is 4.79 Å². The van der Waals surface area contributed by atoms with Crippen LogP contribution in [-0.4, -0.2) is 5.91 Å². The van der Waals surface area contributed by atoms with E-state index in [-0.39, 0.29) is 17.5 Å². The maximum atomic E-state index is 12.0. The van der Waals surface area contributed by atoms with Gasteiger partial charge < -0.3 is 9.73 Å². The predicted molar refractivity (Wildman–Crippen MR) is 79.9 cm³/mol. The number of amides is 1. The van der Waals surface area contributed by atoms with E-state index in [2.05, 4.69) is 12.2 Å². The lowest BCUT2D eigenvalue weighted by Gasteiger charge is -2.11. The minimum atomic E-state index is -0.377. The fourth-order valence-corrected chi connectivity index (χ4v) is 2.23. The zero-order valence-electron chi connectivity index (χ0n) is 12.0. The molecule has 20 heavy (non-hydrogen) atoms. The summed E-state index contributed by atoms with van der Waals surface area (Å²) >= 11 is 0. The van der Waals surface area contributed by atoms with Crippen LogP contribution in [0.5, 0.6) is 0 Å². The van der Waals surface area contributed by atoms with Crippen LogP contribution in [0.2, 0.25) is 0 Å². The molecule has 106 valence electrons. The van der Waals surface area contributed by atoms with Crippen molar-refractivity contribution in [3.63, 3.8) is 0 Å². The van der Waals surface area contributed by atoms with E-state index in [4.69, 9.17) is 4.42 Å². The van der Waals surface area contributed by atoms with Crippen molar-refractivity contribution < 1.29 is 9.21 Å². The van der Waals surface area contributed by atoms with E-state index in [0.717, 1.165) is 23.8 Å². The molecule has 0 bridgehead atoms. The smallest absolute Gasteiger partial charge is 0.336 e. The summed E-state index contributed by atoms with van der Waals surface area (Å²) in [5.74, 6) is -0.0404. The molecular formula is C16H19NO3. The van der Waals surface area contributed by atoms with Gasteiger partial charge in [0.1, 0.15) is 5.58 Å². The van der Waals surface area contributed by atoms with Crippen LogP contribution in [0.25, 0.3) is 11.0 Å². The normalized spacial score (nSPS) is 12.3. The van der Waals surface area contributed by atoms with E-state index in [1.54, 1.807) is 6.07 Å². The summed E-state index contributed by atoms with van der Waals surface area (Å²) < 4.78 is 5.17. The molecule has 1 aromatic heterocycles. The lowest BCUT2D eigenvalue weighted by molar-refractivity contribution is -0.119. The predicted octanol–water partition coefficient (Wildman–Crippen LogP) is 3.48. The molecule has 2 rings (SSSR count). The van der Waals surface area contributed by atoms with E-state index in [0.29, 0.717) is 11.3 Å². The van der Waals surface area contributed by atoms with Crippen LogP contribution >= 0.6 is 0 Å². The van der Waals surface area contributed by atoms with Crippen molar-refractivity contribution in [2.75, 3.05) is 5.32 Å². The van der Waals surface area contributed by atoms with E-state index >= 15 is 0 Å². The topological polar surface area (TPSA) is 59.3 Å². The average molecular weight is 273 g/mol. The number of aryl methyl sites for hydroxylation is 1. The Morgan fingerprint density at radius 2 is 2.10 bits per heavy atom. The Hall–Kier alpha value is -2.10. The zero-order chi connectivity index (χ0) is 14.7. The van der Waals surface area contributed by atoms with Crippen molar-refractivity contribution in [1.82, 2.24) is 0 Å². The molecule has 1 N–H and O–H groups in total. The van der Waals surface area contributed by atoms with E-state index in [1.165, 1.54) is 6.07 Å². The van der Waals surface area contributed by atoms with Crippen molar-refractivity contribution in [2.24, 2.45) is 5.92 Å². The third kappa shape index (κ3) is 3.07. The lowest BCUT2D eigenvalue weighted by atomic mass is 10.1. The fourth-order valence-electron chi connectivity index (χ4n) is 2.23. The van der Waals surface area contributed by atoms with Crippen LogP contribution in [0.4, 0.5) is 5.69 Å². The summed E-state index contributed by atoms with van der Waals surface area (Å²) in [6.45, 7) is 5.82. The molecule has 0 fully saturated rings. The fraction of sp³-hybridized carbons (Fsp3) is 0.375. The summed E-state index contributed by atoms with van der Waals surface area (Å²) in [7, 11) is 0. The maximum absolute atomic E-state index is 12.0.